The number of hydrogen-bond donors (Lipinski definition) is 0. The van der Waals surface area contributed by atoms with E-state index in [1.165, 1.54) is 4.90 Å². The van der Waals surface area contributed by atoms with Gasteiger partial charge in [0.2, 0.25) is 0 Å². The molecule has 0 N–H and O–H groups in total. The number of unbranched alkanes of at least 4 members (excludes halogenated alkanes) is 20. The van der Waals surface area contributed by atoms with Crippen molar-refractivity contribution in [3.05, 3.63) is 30.1 Å². The van der Waals surface area contributed by atoms with Crippen LogP contribution < -0.4 is 0 Å². The van der Waals surface area contributed by atoms with Gasteiger partial charge in [0.05, 0.1) is 58.5 Å². The Morgan fingerprint density at radius 1 is 0.480 bits per heavy atom. The predicted octanol–water partition coefficient (Wildman–Crippen LogP) is 12.5. The van der Waals surface area contributed by atoms with Crippen LogP contribution in [0.15, 0.2) is 24.5 Å². The van der Waals surface area contributed by atoms with Crippen molar-refractivity contribution in [2.45, 2.75) is 245 Å². The molecule has 0 bridgehead atoms. The molecule has 2 rings (SSSR count). The van der Waals surface area contributed by atoms with Gasteiger partial charge in [-0.15, -0.1) is 0 Å². The van der Waals surface area contributed by atoms with Gasteiger partial charge in [-0.2, -0.15) is 0 Å². The molecule has 2 atom stereocenters. The highest BCUT2D eigenvalue weighted by Crippen LogP contribution is 2.24. The molecule has 1 amide bonds. The summed E-state index contributed by atoms with van der Waals surface area (Å²) < 4.78 is 39.7. The van der Waals surface area contributed by atoms with Gasteiger partial charge in [0.15, 0.2) is 0 Å². The summed E-state index contributed by atoms with van der Waals surface area (Å²) >= 11 is 0. The Bertz CT molecular complexity index is 1630. The van der Waals surface area contributed by atoms with E-state index in [0.717, 1.165) is 134 Å². The largest absolute Gasteiger partial charge is 0.465 e. The summed E-state index contributed by atoms with van der Waals surface area (Å²) in [6.07, 6.45) is 27.3. The van der Waals surface area contributed by atoms with E-state index >= 15 is 0 Å². The summed E-state index contributed by atoms with van der Waals surface area (Å²) in [5, 5.41) is 0. The summed E-state index contributed by atoms with van der Waals surface area (Å²) in [6, 6.07) is 2.91. The third kappa shape index (κ3) is 35.2. The van der Waals surface area contributed by atoms with Crippen LogP contribution in [0, 0.1) is 11.8 Å². The van der Waals surface area contributed by atoms with Gasteiger partial charge in [0, 0.05) is 62.8 Å². The van der Waals surface area contributed by atoms with Crippen LogP contribution in [-0.2, 0) is 68.3 Å². The molecule has 2 heterocycles. The number of amides is 1. The molecule has 16 heteroatoms. The first-order chi connectivity index (χ1) is 36.5. The molecule has 0 aliphatic carbocycles. The van der Waals surface area contributed by atoms with Gasteiger partial charge in [-0.05, 0) is 43.4 Å². The summed E-state index contributed by atoms with van der Waals surface area (Å²) in [5.74, 6) is -4.13. The Morgan fingerprint density at radius 2 is 0.853 bits per heavy atom. The van der Waals surface area contributed by atoms with Crippen LogP contribution >= 0.6 is 0 Å². The fraction of sp³-hybridized carbons (Fsp3) is 0.797. The Kier molecular flexibility index (Phi) is 39.3. The molecular formula is C59H98N2O14. The summed E-state index contributed by atoms with van der Waals surface area (Å²) in [4.78, 5) is 97.1. The fourth-order valence-electron chi connectivity index (χ4n) is 8.85. The van der Waals surface area contributed by atoms with E-state index in [2.05, 4.69) is 32.7 Å². The Morgan fingerprint density at radius 3 is 1.25 bits per heavy atom. The van der Waals surface area contributed by atoms with E-state index in [1.54, 1.807) is 12.4 Å². The monoisotopic (exact) mass is 1060 g/mol. The highest BCUT2D eigenvalue weighted by Gasteiger charge is 2.39. The normalized spacial score (nSPS) is 14.2. The average molecular weight is 1060 g/mol. The van der Waals surface area contributed by atoms with Crippen molar-refractivity contribution in [1.29, 1.82) is 0 Å². The summed E-state index contributed by atoms with van der Waals surface area (Å²) in [6.45, 7) is 7.83. The Hall–Kier alpha value is -4.76. The van der Waals surface area contributed by atoms with E-state index in [0.29, 0.717) is 32.1 Å². The van der Waals surface area contributed by atoms with E-state index in [4.69, 9.17) is 33.2 Å². The molecule has 0 unspecified atom stereocenters. The number of ether oxygens (including phenoxy) is 7. The number of esters is 6. The molecule has 1 aromatic rings. The molecule has 1 saturated heterocycles. The molecule has 0 aromatic carbocycles. The van der Waals surface area contributed by atoms with Crippen LogP contribution in [0.2, 0.25) is 0 Å². The zero-order valence-corrected chi connectivity index (χ0v) is 46.8. The molecule has 1 aliphatic heterocycles. The maximum absolute atomic E-state index is 13.7. The van der Waals surface area contributed by atoms with Gasteiger partial charge in [-0.1, -0.05) is 156 Å². The predicted molar refractivity (Wildman–Crippen MR) is 287 cm³/mol. The highest BCUT2D eigenvalue weighted by atomic mass is 16.6. The number of pyridine rings is 1. The zero-order valence-electron chi connectivity index (χ0n) is 46.8. The second-order valence-electron chi connectivity index (χ2n) is 20.5. The second-order valence-corrected chi connectivity index (χ2v) is 20.5. The lowest BCUT2D eigenvalue weighted by atomic mass is 10.1. The molecule has 1 aliphatic rings. The number of carbonyl (C=O) groups is 7. The molecule has 16 nitrogen and oxygen atoms in total. The first kappa shape index (κ1) is 66.4. The van der Waals surface area contributed by atoms with Crippen molar-refractivity contribution in [2.24, 2.45) is 11.8 Å². The lowest BCUT2D eigenvalue weighted by Gasteiger charge is -2.24. The molecule has 1 aromatic heterocycles. The lowest BCUT2D eigenvalue weighted by molar-refractivity contribution is -0.157. The van der Waals surface area contributed by atoms with E-state index in [9.17, 15) is 33.6 Å². The van der Waals surface area contributed by atoms with Gasteiger partial charge in [0.1, 0.15) is 12.7 Å². The summed E-state index contributed by atoms with van der Waals surface area (Å²) in [5.41, 5.74) is 0.919. The van der Waals surface area contributed by atoms with Crippen molar-refractivity contribution in [3.63, 3.8) is 0 Å². The van der Waals surface area contributed by atoms with Crippen LogP contribution in [-0.4, -0.2) is 110 Å². The molecule has 0 saturated carbocycles. The number of carbonyl (C=O) groups excluding carboxylic acids is 7. The van der Waals surface area contributed by atoms with Crippen LogP contribution in [0.25, 0.3) is 0 Å². The molecule has 0 radical (unpaired) electrons. The van der Waals surface area contributed by atoms with E-state index < -0.39 is 42.0 Å². The fourth-order valence-corrected chi connectivity index (χ4v) is 8.85. The lowest BCUT2D eigenvalue weighted by Crippen LogP contribution is -2.40. The number of aromatic nitrogens is 1. The van der Waals surface area contributed by atoms with Crippen molar-refractivity contribution in [3.8, 4) is 0 Å². The van der Waals surface area contributed by atoms with Gasteiger partial charge in [-0.3, -0.25) is 38.7 Å². The Balaban J connectivity index is 2.12. The molecular weight excluding hydrogens is 961 g/mol. The molecule has 1 fully saturated rings. The number of likely N-dealkylation sites (tertiary alicyclic amines) is 1. The van der Waals surface area contributed by atoms with Gasteiger partial charge >= 0.3 is 41.9 Å². The topological polar surface area (TPSA) is 200 Å². The number of rotatable bonds is 46. The van der Waals surface area contributed by atoms with Gasteiger partial charge < -0.3 is 33.2 Å². The van der Waals surface area contributed by atoms with Crippen molar-refractivity contribution < 1.29 is 66.7 Å². The maximum atomic E-state index is 13.7. The second kappa shape index (κ2) is 44.4. The number of nitrogens with zero attached hydrogens (tertiary/aromatic N) is 2. The van der Waals surface area contributed by atoms with Crippen LogP contribution in [0.1, 0.15) is 232 Å². The minimum Gasteiger partial charge on any atom is -0.465 e. The van der Waals surface area contributed by atoms with Crippen LogP contribution in [0.3, 0.4) is 0 Å². The Labute approximate surface area is 450 Å². The van der Waals surface area contributed by atoms with Gasteiger partial charge in [0.25, 0.3) is 0 Å². The average Bonchev–Trinajstić information content (AvgIpc) is 3.81. The third-order valence-corrected chi connectivity index (χ3v) is 13.5. The van der Waals surface area contributed by atoms with Crippen molar-refractivity contribution in [2.75, 3.05) is 46.2 Å². The first-order valence-electron chi connectivity index (χ1n) is 29.3. The van der Waals surface area contributed by atoms with Crippen molar-refractivity contribution >= 4 is 41.9 Å². The minimum absolute atomic E-state index is 0.0427. The molecule has 428 valence electrons. The van der Waals surface area contributed by atoms with Gasteiger partial charge in [-0.25, -0.2) is 4.79 Å². The van der Waals surface area contributed by atoms with Crippen LogP contribution in [0.5, 0.6) is 0 Å². The standard InChI is InChI=1S/C59H98N2O14/c1-5-9-13-17-21-25-29-53(62)70-43-49(44-71-54(63)30-26-22-18-14-10-6-2)39-57(66)74-47-51-41-52(42-61(51)59(68)69-38-35-48-33-36-60-37-34-48)75-58(67)40-50(45-72-55(64)31-27-23-19-15-11-7-3)46-73-56(65)32-28-24-20-16-12-8-4/h33-34,36-37,49-52H,5-32,35,38-47H2,1-4H3/t51-,52+/m0/s1. The zero-order chi connectivity index (χ0) is 54.6. The quantitative estimate of drug-likeness (QED) is 0.0339. The smallest absolute Gasteiger partial charge is 0.410 e. The van der Waals surface area contributed by atoms with E-state index in [1.807, 2.05) is 12.1 Å². The number of hydrogen-bond acceptors (Lipinski definition) is 15. The van der Waals surface area contributed by atoms with Crippen LogP contribution in [0.4, 0.5) is 4.79 Å². The maximum Gasteiger partial charge on any atom is 0.410 e. The van der Waals surface area contributed by atoms with Crippen molar-refractivity contribution in [1.82, 2.24) is 9.88 Å². The molecule has 0 spiro atoms. The first-order valence-corrected chi connectivity index (χ1v) is 29.3. The van der Waals surface area contributed by atoms with E-state index in [-0.39, 0.29) is 115 Å². The third-order valence-electron chi connectivity index (χ3n) is 13.5. The SMILES string of the molecule is CCCCCCCCC(=O)OCC(COC(=O)CCCCCCCC)CC(=O)OC[C@@H]1C[C@@H](OC(=O)CC(COC(=O)CCCCCCCC)COC(=O)CCCCCCCC)CN1C(=O)OCCc1ccncc1. The summed E-state index contributed by atoms with van der Waals surface area (Å²) in [7, 11) is 0. The molecule has 75 heavy (non-hydrogen) atoms. The highest BCUT2D eigenvalue weighted by molar-refractivity contribution is 5.73. The minimum atomic E-state index is -0.801.